The summed E-state index contributed by atoms with van der Waals surface area (Å²) in [6, 6.07) is 17.8. The van der Waals surface area contributed by atoms with Gasteiger partial charge in [-0.25, -0.2) is 0 Å². The molecule has 0 fully saturated rings. The van der Waals surface area contributed by atoms with Gasteiger partial charge in [-0.05, 0) is 62.6 Å². The molecule has 0 saturated carbocycles. The number of allylic oxidation sites excluding steroid dienone is 1. The van der Waals surface area contributed by atoms with Crippen molar-refractivity contribution in [2.75, 3.05) is 27.4 Å². The lowest BCUT2D eigenvalue weighted by molar-refractivity contribution is -0.116. The summed E-state index contributed by atoms with van der Waals surface area (Å²) in [6.07, 6.45) is 4.12. The van der Waals surface area contributed by atoms with Crippen LogP contribution >= 0.6 is 0 Å². The van der Waals surface area contributed by atoms with E-state index in [4.69, 9.17) is 18.6 Å². The summed E-state index contributed by atoms with van der Waals surface area (Å²) in [7, 11) is 3.27. The zero-order chi connectivity index (χ0) is 26.4. The van der Waals surface area contributed by atoms with E-state index >= 15 is 0 Å². The molecule has 0 aliphatic heterocycles. The van der Waals surface area contributed by atoms with Crippen LogP contribution in [0.4, 0.5) is 0 Å². The van der Waals surface area contributed by atoms with E-state index in [1.54, 1.807) is 26.6 Å². The first-order valence-electron chi connectivity index (χ1n) is 12.4. The minimum atomic E-state index is -0.143. The maximum atomic E-state index is 12.7. The summed E-state index contributed by atoms with van der Waals surface area (Å²) < 4.78 is 23.1. The minimum absolute atomic E-state index is 0.143. The van der Waals surface area contributed by atoms with Gasteiger partial charge >= 0.3 is 0 Å². The van der Waals surface area contributed by atoms with Crippen LogP contribution in [0.15, 0.2) is 71.4 Å². The highest BCUT2D eigenvalue weighted by molar-refractivity contribution is 6.02. The van der Waals surface area contributed by atoms with Gasteiger partial charge in [-0.2, -0.15) is 0 Å². The number of aryl methyl sites for hydroxylation is 1. The first-order chi connectivity index (χ1) is 18.0. The van der Waals surface area contributed by atoms with Gasteiger partial charge in [0.1, 0.15) is 22.8 Å². The number of methoxy groups -OCH3 is 2. The van der Waals surface area contributed by atoms with Crippen molar-refractivity contribution in [3.63, 3.8) is 0 Å². The summed E-state index contributed by atoms with van der Waals surface area (Å²) in [5.41, 5.74) is 6.16. The smallest absolute Gasteiger partial charge is 0.244 e. The Morgan fingerprint density at radius 3 is 2.51 bits per heavy atom. The number of ether oxygens (including phenoxy) is 3. The maximum absolute atomic E-state index is 12.7. The molecule has 1 aromatic heterocycles. The summed E-state index contributed by atoms with van der Waals surface area (Å²) in [5, 5.41) is 3.89. The normalized spacial score (nSPS) is 11.4. The van der Waals surface area contributed by atoms with Crippen LogP contribution in [0, 0.1) is 6.92 Å². The molecule has 4 aromatic rings. The lowest BCUT2D eigenvalue weighted by atomic mass is 9.96. The number of hydrogen-bond donors (Lipinski definition) is 1. The van der Waals surface area contributed by atoms with Crippen LogP contribution in [0.2, 0.25) is 0 Å². The van der Waals surface area contributed by atoms with E-state index in [2.05, 4.69) is 17.4 Å². The Morgan fingerprint density at radius 1 is 1.03 bits per heavy atom. The van der Waals surface area contributed by atoms with E-state index in [9.17, 15) is 4.79 Å². The van der Waals surface area contributed by atoms with E-state index in [1.807, 2.05) is 63.2 Å². The van der Waals surface area contributed by atoms with Gasteiger partial charge in [-0.1, -0.05) is 30.3 Å². The van der Waals surface area contributed by atoms with Gasteiger partial charge in [0, 0.05) is 40.3 Å². The average Bonchev–Trinajstić information content (AvgIpc) is 3.34. The van der Waals surface area contributed by atoms with Crippen molar-refractivity contribution in [1.29, 1.82) is 0 Å². The second-order valence-electron chi connectivity index (χ2n) is 8.76. The standard InChI is InChI=1S/C31H33NO5/c1-6-36-30-21(3)31-26(27(19-37-31)25-17-23(34-4)12-13-28(25)35-5)18-24(30)20(2)16-29(33)32-15-14-22-10-8-7-9-11-22/h7-13,16-19H,6,14-15H2,1-5H3,(H,32,33)/b20-16+. The van der Waals surface area contributed by atoms with E-state index in [0.29, 0.717) is 24.7 Å². The number of fused-ring (bicyclic) bond motifs is 1. The van der Waals surface area contributed by atoms with Crippen molar-refractivity contribution in [3.8, 4) is 28.4 Å². The first kappa shape index (κ1) is 25.9. The molecule has 6 heteroatoms. The van der Waals surface area contributed by atoms with Crippen molar-refractivity contribution >= 4 is 22.4 Å². The van der Waals surface area contributed by atoms with Crippen LogP contribution in [0.25, 0.3) is 27.7 Å². The van der Waals surface area contributed by atoms with Crippen LogP contribution in [-0.2, 0) is 11.2 Å². The van der Waals surface area contributed by atoms with Gasteiger partial charge < -0.3 is 23.9 Å². The molecule has 0 aliphatic rings. The molecule has 0 spiro atoms. The van der Waals surface area contributed by atoms with Crippen molar-refractivity contribution in [1.82, 2.24) is 5.32 Å². The second-order valence-corrected chi connectivity index (χ2v) is 8.76. The predicted octanol–water partition coefficient (Wildman–Crippen LogP) is 6.59. The molecule has 0 radical (unpaired) electrons. The highest BCUT2D eigenvalue weighted by Crippen LogP contribution is 2.43. The summed E-state index contributed by atoms with van der Waals surface area (Å²) >= 11 is 0. The number of carbonyl (C=O) groups excluding carboxylic acids is 1. The number of carbonyl (C=O) groups is 1. The Bertz CT molecular complexity index is 1420. The second kappa shape index (κ2) is 11.7. The fraction of sp³-hybridized carbons (Fsp3) is 0.258. The molecule has 0 saturated heterocycles. The molecule has 0 aliphatic carbocycles. The van der Waals surface area contributed by atoms with E-state index in [1.165, 1.54) is 5.56 Å². The summed E-state index contributed by atoms with van der Waals surface area (Å²) in [6.45, 7) is 6.89. The van der Waals surface area contributed by atoms with Crippen molar-refractivity contribution in [2.45, 2.75) is 27.2 Å². The number of benzene rings is 3. The number of nitrogens with one attached hydrogen (secondary N) is 1. The lowest BCUT2D eigenvalue weighted by Gasteiger charge is -2.15. The summed E-state index contributed by atoms with van der Waals surface area (Å²) in [5.74, 6) is 1.99. The van der Waals surface area contributed by atoms with Gasteiger partial charge in [0.25, 0.3) is 0 Å². The molecule has 192 valence electrons. The van der Waals surface area contributed by atoms with Gasteiger partial charge in [-0.3, -0.25) is 4.79 Å². The molecule has 0 unspecified atom stereocenters. The number of furan rings is 1. The van der Waals surface area contributed by atoms with Gasteiger partial charge in [0.2, 0.25) is 5.91 Å². The Kier molecular flexibility index (Phi) is 8.18. The molecule has 3 aromatic carbocycles. The molecule has 6 nitrogen and oxygen atoms in total. The Morgan fingerprint density at radius 2 is 1.81 bits per heavy atom. The van der Waals surface area contributed by atoms with Gasteiger partial charge in [0.05, 0.1) is 27.1 Å². The molecule has 1 heterocycles. The first-order valence-corrected chi connectivity index (χ1v) is 12.4. The Hall–Kier alpha value is -4.19. The van der Waals surface area contributed by atoms with Crippen LogP contribution in [-0.4, -0.2) is 33.3 Å². The van der Waals surface area contributed by atoms with Crippen LogP contribution in [0.1, 0.15) is 30.5 Å². The van der Waals surface area contributed by atoms with Crippen LogP contribution in [0.3, 0.4) is 0 Å². The SMILES string of the molecule is CCOc1c(/C(C)=C/C(=O)NCCc2ccccc2)cc2c(-c3cc(OC)ccc3OC)coc2c1C. The minimum Gasteiger partial charge on any atom is -0.497 e. The zero-order valence-corrected chi connectivity index (χ0v) is 22.0. The number of amides is 1. The topological polar surface area (TPSA) is 69.9 Å². The largest absolute Gasteiger partial charge is 0.497 e. The maximum Gasteiger partial charge on any atom is 0.244 e. The molecular formula is C31H33NO5. The third-order valence-corrected chi connectivity index (χ3v) is 6.36. The molecule has 1 amide bonds. The number of rotatable bonds is 10. The fourth-order valence-corrected chi connectivity index (χ4v) is 4.47. The molecule has 0 atom stereocenters. The quantitative estimate of drug-likeness (QED) is 0.249. The van der Waals surface area contributed by atoms with Crippen LogP contribution in [0.5, 0.6) is 17.2 Å². The fourth-order valence-electron chi connectivity index (χ4n) is 4.47. The number of hydrogen-bond acceptors (Lipinski definition) is 5. The highest BCUT2D eigenvalue weighted by Gasteiger charge is 2.21. The average molecular weight is 500 g/mol. The monoisotopic (exact) mass is 499 g/mol. The van der Waals surface area contributed by atoms with Crippen molar-refractivity contribution < 1.29 is 23.4 Å². The zero-order valence-electron chi connectivity index (χ0n) is 22.0. The van der Waals surface area contributed by atoms with Crippen molar-refractivity contribution in [3.05, 3.63) is 83.6 Å². The van der Waals surface area contributed by atoms with Crippen molar-refractivity contribution in [2.24, 2.45) is 0 Å². The Balaban J connectivity index is 1.71. The predicted molar refractivity (Wildman–Crippen MR) is 147 cm³/mol. The van der Waals surface area contributed by atoms with Crippen LogP contribution < -0.4 is 19.5 Å². The highest BCUT2D eigenvalue weighted by atomic mass is 16.5. The Labute approximate surface area is 217 Å². The molecule has 37 heavy (non-hydrogen) atoms. The van der Waals surface area contributed by atoms with E-state index in [0.717, 1.165) is 51.0 Å². The lowest BCUT2D eigenvalue weighted by Crippen LogP contribution is -2.23. The van der Waals surface area contributed by atoms with E-state index in [-0.39, 0.29) is 5.91 Å². The van der Waals surface area contributed by atoms with E-state index < -0.39 is 0 Å². The third kappa shape index (κ3) is 5.64. The van der Waals surface area contributed by atoms with Gasteiger partial charge in [-0.15, -0.1) is 0 Å². The van der Waals surface area contributed by atoms with Gasteiger partial charge in [0.15, 0.2) is 0 Å². The molecule has 1 N–H and O–H groups in total. The molecule has 4 rings (SSSR count). The third-order valence-electron chi connectivity index (χ3n) is 6.36. The summed E-state index contributed by atoms with van der Waals surface area (Å²) in [4.78, 5) is 12.7. The molecular weight excluding hydrogens is 466 g/mol. The molecule has 0 bridgehead atoms.